The van der Waals surface area contributed by atoms with Crippen LogP contribution in [-0.2, 0) is 4.79 Å². The van der Waals surface area contributed by atoms with Gasteiger partial charge in [0.25, 0.3) is 5.91 Å². The number of rotatable bonds is 7. The fourth-order valence-electron chi connectivity index (χ4n) is 1.50. The van der Waals surface area contributed by atoms with Gasteiger partial charge in [-0.15, -0.1) is 11.6 Å². The summed E-state index contributed by atoms with van der Waals surface area (Å²) in [5.74, 6) is 0.430. The molecule has 2 atom stereocenters. The Morgan fingerprint density at radius 1 is 1.47 bits per heavy atom. The monoisotopic (exact) mass is 303 g/mol. The maximum atomic E-state index is 11.8. The Hall–Kier alpha value is -0.930. The van der Waals surface area contributed by atoms with E-state index in [4.69, 9.17) is 27.9 Å². The summed E-state index contributed by atoms with van der Waals surface area (Å²) < 4.78 is 5.51. The first-order valence-corrected chi connectivity index (χ1v) is 7.18. The number of amides is 1. The average Bonchev–Trinajstić information content (AvgIpc) is 2.38. The molecule has 1 aromatic carbocycles. The number of hydrogen-bond donors (Lipinski definition) is 1. The van der Waals surface area contributed by atoms with Crippen LogP contribution in [0.3, 0.4) is 0 Å². The standard InChI is InChI=1S/C14H19Cl2NO2/c1-3-11(15)7-8-17-14(18)10(2)19-13-6-4-5-12(16)9-13/h4-6,9-11H,3,7-8H2,1-2H3,(H,17,18). The highest BCUT2D eigenvalue weighted by Gasteiger charge is 2.14. The molecule has 1 aromatic rings. The fourth-order valence-corrected chi connectivity index (χ4v) is 1.79. The second kappa shape index (κ2) is 8.28. The highest BCUT2D eigenvalue weighted by Crippen LogP contribution is 2.18. The van der Waals surface area contributed by atoms with Crippen LogP contribution in [0.1, 0.15) is 26.7 Å². The van der Waals surface area contributed by atoms with Gasteiger partial charge in [-0.2, -0.15) is 0 Å². The van der Waals surface area contributed by atoms with Gasteiger partial charge in [0.15, 0.2) is 6.10 Å². The Labute approximate surface area is 124 Å². The molecule has 0 saturated heterocycles. The van der Waals surface area contributed by atoms with E-state index in [1.807, 2.05) is 6.92 Å². The van der Waals surface area contributed by atoms with E-state index >= 15 is 0 Å². The molecular formula is C14H19Cl2NO2. The molecule has 0 aliphatic heterocycles. The fraction of sp³-hybridized carbons (Fsp3) is 0.500. The molecule has 5 heteroatoms. The van der Waals surface area contributed by atoms with Gasteiger partial charge in [-0.3, -0.25) is 4.79 Å². The summed E-state index contributed by atoms with van der Waals surface area (Å²) in [6.07, 6.45) is 1.09. The molecule has 0 heterocycles. The van der Waals surface area contributed by atoms with Crippen LogP contribution in [0.25, 0.3) is 0 Å². The van der Waals surface area contributed by atoms with Gasteiger partial charge >= 0.3 is 0 Å². The van der Waals surface area contributed by atoms with Gasteiger partial charge < -0.3 is 10.1 Å². The lowest BCUT2D eigenvalue weighted by atomic mass is 10.2. The molecule has 1 rings (SSSR count). The zero-order chi connectivity index (χ0) is 14.3. The Kier molecular flexibility index (Phi) is 7.03. The van der Waals surface area contributed by atoms with E-state index in [1.165, 1.54) is 0 Å². The molecule has 0 aromatic heterocycles. The van der Waals surface area contributed by atoms with Crippen LogP contribution in [0.15, 0.2) is 24.3 Å². The first kappa shape index (κ1) is 16.1. The molecule has 0 fully saturated rings. The average molecular weight is 304 g/mol. The third-order valence-corrected chi connectivity index (χ3v) is 3.44. The third kappa shape index (κ3) is 6.17. The highest BCUT2D eigenvalue weighted by atomic mass is 35.5. The predicted octanol–water partition coefficient (Wildman–Crippen LogP) is 3.63. The minimum absolute atomic E-state index is 0.101. The van der Waals surface area contributed by atoms with E-state index in [2.05, 4.69) is 5.32 Å². The minimum Gasteiger partial charge on any atom is -0.481 e. The minimum atomic E-state index is -0.561. The van der Waals surface area contributed by atoms with Crippen molar-refractivity contribution >= 4 is 29.1 Å². The van der Waals surface area contributed by atoms with Crippen LogP contribution in [0, 0.1) is 0 Å². The lowest BCUT2D eigenvalue weighted by Gasteiger charge is -2.15. The maximum absolute atomic E-state index is 11.8. The van der Waals surface area contributed by atoms with Crippen LogP contribution in [0.4, 0.5) is 0 Å². The van der Waals surface area contributed by atoms with Crippen molar-refractivity contribution < 1.29 is 9.53 Å². The van der Waals surface area contributed by atoms with Crippen molar-refractivity contribution in [2.45, 2.75) is 38.2 Å². The van der Waals surface area contributed by atoms with E-state index in [-0.39, 0.29) is 11.3 Å². The van der Waals surface area contributed by atoms with Gasteiger partial charge in [0.05, 0.1) is 0 Å². The van der Waals surface area contributed by atoms with Crippen LogP contribution in [0.2, 0.25) is 5.02 Å². The van der Waals surface area contributed by atoms with Gasteiger partial charge in [-0.05, 0) is 38.0 Å². The number of carbonyl (C=O) groups excluding carboxylic acids is 1. The number of nitrogens with one attached hydrogen (secondary N) is 1. The second-order valence-electron chi connectivity index (χ2n) is 4.30. The van der Waals surface area contributed by atoms with Crippen molar-refractivity contribution in [3.63, 3.8) is 0 Å². The van der Waals surface area contributed by atoms with Crippen LogP contribution < -0.4 is 10.1 Å². The summed E-state index contributed by atoms with van der Waals surface area (Å²) in [7, 11) is 0. The third-order valence-electron chi connectivity index (χ3n) is 2.68. The molecule has 0 saturated carbocycles. The number of hydrogen-bond acceptors (Lipinski definition) is 2. The molecule has 2 unspecified atom stereocenters. The normalized spacial score (nSPS) is 13.7. The van der Waals surface area contributed by atoms with E-state index in [0.717, 1.165) is 12.8 Å². The number of alkyl halides is 1. The maximum Gasteiger partial charge on any atom is 0.260 e. The molecule has 1 amide bonds. The largest absolute Gasteiger partial charge is 0.481 e. The summed E-state index contributed by atoms with van der Waals surface area (Å²) in [5.41, 5.74) is 0. The SMILES string of the molecule is CCC(Cl)CCNC(=O)C(C)Oc1cccc(Cl)c1. The molecule has 0 spiro atoms. The molecule has 106 valence electrons. The zero-order valence-electron chi connectivity index (χ0n) is 11.2. The summed E-state index contributed by atoms with van der Waals surface area (Å²) in [6.45, 7) is 4.28. The van der Waals surface area contributed by atoms with Gasteiger partial charge in [0.1, 0.15) is 5.75 Å². The zero-order valence-corrected chi connectivity index (χ0v) is 12.7. The van der Waals surface area contributed by atoms with Crippen molar-refractivity contribution in [3.8, 4) is 5.75 Å². The van der Waals surface area contributed by atoms with E-state index in [9.17, 15) is 4.79 Å². The van der Waals surface area contributed by atoms with E-state index < -0.39 is 6.10 Å². The van der Waals surface area contributed by atoms with E-state index in [0.29, 0.717) is 17.3 Å². The van der Waals surface area contributed by atoms with Crippen LogP contribution in [0.5, 0.6) is 5.75 Å². The van der Waals surface area contributed by atoms with Crippen LogP contribution in [-0.4, -0.2) is 23.9 Å². The van der Waals surface area contributed by atoms with Crippen molar-refractivity contribution in [2.24, 2.45) is 0 Å². The first-order chi connectivity index (χ1) is 9.02. The molecule has 0 aliphatic carbocycles. The Balaban J connectivity index is 2.36. The van der Waals surface area contributed by atoms with Crippen molar-refractivity contribution in [3.05, 3.63) is 29.3 Å². The first-order valence-electron chi connectivity index (χ1n) is 6.37. The molecule has 3 nitrogen and oxygen atoms in total. The Morgan fingerprint density at radius 2 is 2.21 bits per heavy atom. The number of benzene rings is 1. The molecule has 0 aliphatic rings. The van der Waals surface area contributed by atoms with Gasteiger partial charge in [0.2, 0.25) is 0 Å². The summed E-state index contributed by atoms with van der Waals surface area (Å²) in [5, 5.41) is 3.48. The second-order valence-corrected chi connectivity index (χ2v) is 5.36. The quantitative estimate of drug-likeness (QED) is 0.781. The number of halogens is 2. The molecule has 0 radical (unpaired) electrons. The van der Waals surface area contributed by atoms with Gasteiger partial charge in [0, 0.05) is 16.9 Å². The van der Waals surface area contributed by atoms with Crippen molar-refractivity contribution in [1.29, 1.82) is 0 Å². The topological polar surface area (TPSA) is 38.3 Å². The summed E-state index contributed by atoms with van der Waals surface area (Å²) >= 11 is 11.8. The lowest BCUT2D eigenvalue weighted by molar-refractivity contribution is -0.127. The van der Waals surface area contributed by atoms with Gasteiger partial charge in [-0.1, -0.05) is 24.6 Å². The van der Waals surface area contributed by atoms with Crippen molar-refractivity contribution in [2.75, 3.05) is 6.54 Å². The Bertz CT molecular complexity index is 412. The summed E-state index contributed by atoms with van der Waals surface area (Å²) in [6, 6.07) is 6.98. The molecule has 0 bridgehead atoms. The number of ether oxygens (including phenoxy) is 1. The predicted molar refractivity (Wildman–Crippen MR) is 79.1 cm³/mol. The van der Waals surface area contributed by atoms with Crippen LogP contribution >= 0.6 is 23.2 Å². The number of carbonyl (C=O) groups is 1. The highest BCUT2D eigenvalue weighted by molar-refractivity contribution is 6.30. The van der Waals surface area contributed by atoms with E-state index in [1.54, 1.807) is 31.2 Å². The lowest BCUT2D eigenvalue weighted by Crippen LogP contribution is -2.37. The van der Waals surface area contributed by atoms with Crippen molar-refractivity contribution in [1.82, 2.24) is 5.32 Å². The smallest absolute Gasteiger partial charge is 0.260 e. The molecule has 19 heavy (non-hydrogen) atoms. The Morgan fingerprint density at radius 3 is 2.84 bits per heavy atom. The summed E-state index contributed by atoms with van der Waals surface area (Å²) in [4.78, 5) is 11.8. The molecule has 1 N–H and O–H groups in total. The van der Waals surface area contributed by atoms with Gasteiger partial charge in [-0.25, -0.2) is 0 Å². The molecular weight excluding hydrogens is 285 g/mol.